The van der Waals surface area contributed by atoms with Gasteiger partial charge in [0.25, 0.3) is 0 Å². The Labute approximate surface area is 435 Å². The number of aryl methyl sites for hydroxylation is 1. The lowest BCUT2D eigenvalue weighted by atomic mass is 9.85. The third-order valence-corrected chi connectivity index (χ3v) is 14.3. The second-order valence-electron chi connectivity index (χ2n) is 18.9. The Morgan fingerprint density at radius 3 is 1.05 bits per heavy atom. The molecule has 3 nitrogen and oxygen atoms in total. The Bertz CT molecular complexity index is 3660. The van der Waals surface area contributed by atoms with Gasteiger partial charge in [-0.2, -0.15) is 0 Å². The van der Waals surface area contributed by atoms with E-state index in [0.717, 1.165) is 64.0 Å². The van der Waals surface area contributed by atoms with E-state index in [1.165, 1.54) is 49.4 Å². The van der Waals surface area contributed by atoms with Crippen LogP contribution in [0.15, 0.2) is 303 Å². The summed E-state index contributed by atoms with van der Waals surface area (Å²) < 4.78 is 0. The highest BCUT2D eigenvalue weighted by molar-refractivity contribution is 5.99. The first-order chi connectivity index (χ1) is 36.7. The lowest BCUT2D eigenvalue weighted by Crippen LogP contribution is -2.12. The van der Waals surface area contributed by atoms with Crippen molar-refractivity contribution in [1.29, 1.82) is 0 Å². The third kappa shape index (κ3) is 9.55. The molecule has 0 aromatic heterocycles. The van der Waals surface area contributed by atoms with Gasteiger partial charge in [-0.3, -0.25) is 0 Å². The lowest BCUT2D eigenvalue weighted by Gasteiger charge is -2.29. The van der Waals surface area contributed by atoms with Gasteiger partial charge in [-0.15, -0.1) is 0 Å². The summed E-state index contributed by atoms with van der Waals surface area (Å²) >= 11 is 0. The molecule has 0 aliphatic rings. The summed E-state index contributed by atoms with van der Waals surface area (Å²) in [6, 6.07) is 110. The highest BCUT2D eigenvalue weighted by Gasteiger charge is 2.20. The van der Waals surface area contributed by atoms with Gasteiger partial charge >= 0.3 is 0 Å². The van der Waals surface area contributed by atoms with Crippen molar-refractivity contribution >= 4 is 72.7 Å². The number of anilines is 9. The maximum Gasteiger partial charge on any atom is 0.0540 e. The molecule has 0 spiro atoms. The third-order valence-electron chi connectivity index (χ3n) is 14.3. The molecule has 12 rings (SSSR count). The van der Waals surface area contributed by atoms with Crippen LogP contribution >= 0.6 is 0 Å². The summed E-state index contributed by atoms with van der Waals surface area (Å²) in [5.74, 6) is 0.189. The Kier molecular flexibility index (Phi) is 13.0. The van der Waals surface area contributed by atoms with Crippen molar-refractivity contribution in [3.8, 4) is 11.1 Å². The van der Waals surface area contributed by atoms with Crippen molar-refractivity contribution in [1.82, 2.24) is 0 Å². The van der Waals surface area contributed by atoms with E-state index in [1.54, 1.807) is 0 Å². The van der Waals surface area contributed by atoms with Crippen LogP contribution in [0.2, 0.25) is 0 Å². The van der Waals surface area contributed by atoms with E-state index < -0.39 is 0 Å². The fraction of sp³-hybridized carbons (Fsp3) is 0.0423. The number of hydrogen-bond acceptors (Lipinski definition) is 3. The molecule has 0 radical (unpaired) electrons. The molecule has 0 bridgehead atoms. The number of rotatable bonds is 15. The molecule has 354 valence electrons. The van der Waals surface area contributed by atoms with E-state index in [2.05, 4.69) is 318 Å². The van der Waals surface area contributed by atoms with Crippen molar-refractivity contribution in [2.75, 3.05) is 14.7 Å². The van der Waals surface area contributed by atoms with E-state index in [1.807, 2.05) is 0 Å². The van der Waals surface area contributed by atoms with E-state index in [0.29, 0.717) is 0 Å². The Morgan fingerprint density at radius 2 is 0.568 bits per heavy atom. The van der Waals surface area contributed by atoms with Gasteiger partial charge in [0.2, 0.25) is 0 Å². The zero-order valence-corrected chi connectivity index (χ0v) is 41.2. The highest BCUT2D eigenvalue weighted by atomic mass is 15.2. The molecule has 3 heteroatoms. The second-order valence-corrected chi connectivity index (χ2v) is 18.9. The molecule has 0 heterocycles. The minimum absolute atomic E-state index is 0.189. The molecular formula is C71H55N3. The minimum Gasteiger partial charge on any atom is -0.311 e. The minimum atomic E-state index is 0.189. The van der Waals surface area contributed by atoms with Gasteiger partial charge in [0.15, 0.2) is 0 Å². The molecule has 0 saturated heterocycles. The molecule has 0 N–H and O–H groups in total. The second kappa shape index (κ2) is 21.1. The molecule has 0 aliphatic carbocycles. The molecule has 0 aliphatic heterocycles. The molecule has 0 amide bonds. The molecule has 74 heavy (non-hydrogen) atoms. The molecule has 0 fully saturated rings. The van der Waals surface area contributed by atoms with Gasteiger partial charge < -0.3 is 14.7 Å². The Hall–Kier alpha value is -9.44. The molecule has 0 saturated carbocycles. The number of nitrogens with zero attached hydrogens (tertiary/aromatic N) is 3. The standard InChI is InChI=1S/C71H55N3/c1-5-24-60(25-6-1)72(61-26-7-2-8-27-61)64-46-41-59(42-47-64)69(52-43-57-22-17-21-55-19-13-15-32-68(55)57)58-37-35-53(36-38-58)54-39-44-66(45-40-54)74(71-34-18-23-56-20-14-16-33-70(56)71)67-50-48-65(49-51-67)73(62-28-9-3-10-29-62)63-30-11-4-12-31-63/h1-42,44-51,69H,43,52H2. The molecular weight excluding hydrogens is 895 g/mol. The quantitative estimate of drug-likeness (QED) is 0.101. The molecule has 1 atom stereocenters. The topological polar surface area (TPSA) is 9.72 Å². The van der Waals surface area contributed by atoms with Gasteiger partial charge in [-0.05, 0) is 160 Å². The first-order valence-electron chi connectivity index (χ1n) is 25.7. The van der Waals surface area contributed by atoms with Crippen LogP contribution in [0.5, 0.6) is 0 Å². The molecule has 12 aromatic rings. The number of fused-ring (bicyclic) bond motifs is 2. The van der Waals surface area contributed by atoms with Crippen LogP contribution in [0.1, 0.15) is 29.0 Å². The van der Waals surface area contributed by atoms with E-state index in [-0.39, 0.29) is 5.92 Å². The van der Waals surface area contributed by atoms with Crippen LogP contribution < -0.4 is 14.7 Å². The van der Waals surface area contributed by atoms with E-state index in [9.17, 15) is 0 Å². The zero-order chi connectivity index (χ0) is 49.5. The van der Waals surface area contributed by atoms with Gasteiger partial charge in [0.1, 0.15) is 0 Å². The van der Waals surface area contributed by atoms with Crippen LogP contribution in [0, 0.1) is 0 Å². The smallest absolute Gasteiger partial charge is 0.0540 e. The fourth-order valence-corrected chi connectivity index (χ4v) is 10.7. The summed E-state index contributed by atoms with van der Waals surface area (Å²) in [6.45, 7) is 0. The van der Waals surface area contributed by atoms with Gasteiger partial charge in [0, 0.05) is 56.8 Å². The van der Waals surface area contributed by atoms with Crippen LogP contribution in [0.25, 0.3) is 32.7 Å². The Morgan fingerprint density at radius 1 is 0.243 bits per heavy atom. The predicted molar refractivity (Wildman–Crippen MR) is 314 cm³/mol. The maximum absolute atomic E-state index is 2.39. The number of para-hydroxylation sites is 4. The van der Waals surface area contributed by atoms with Crippen molar-refractivity contribution in [2.45, 2.75) is 18.8 Å². The van der Waals surface area contributed by atoms with Crippen LogP contribution in [0.4, 0.5) is 51.2 Å². The largest absolute Gasteiger partial charge is 0.311 e. The summed E-state index contributed by atoms with van der Waals surface area (Å²) in [4.78, 5) is 7.03. The fourth-order valence-electron chi connectivity index (χ4n) is 10.7. The zero-order valence-electron chi connectivity index (χ0n) is 41.2. The van der Waals surface area contributed by atoms with Crippen molar-refractivity contribution in [3.05, 3.63) is 320 Å². The molecule has 12 aromatic carbocycles. The normalized spacial score (nSPS) is 11.6. The number of benzene rings is 12. The average molecular weight is 950 g/mol. The van der Waals surface area contributed by atoms with Crippen LogP contribution in [0.3, 0.4) is 0 Å². The van der Waals surface area contributed by atoms with Gasteiger partial charge in [-0.25, -0.2) is 0 Å². The lowest BCUT2D eigenvalue weighted by molar-refractivity contribution is 0.718. The molecule has 1 unspecified atom stereocenters. The summed E-state index contributed by atoms with van der Waals surface area (Å²) in [5.41, 5.74) is 16.4. The SMILES string of the molecule is c1ccc(N(c2ccccc2)c2ccc(C(CCc3cccc4ccccc34)c3ccc(-c4ccc(N(c5ccc(N(c6ccccc6)c6ccccc6)cc5)c5cccc6ccccc56)cc4)cc3)cc2)cc1. The Balaban J connectivity index is 0.867. The first-order valence-corrected chi connectivity index (χ1v) is 25.7. The van der Waals surface area contributed by atoms with E-state index >= 15 is 0 Å². The van der Waals surface area contributed by atoms with Crippen LogP contribution in [-0.2, 0) is 6.42 Å². The monoisotopic (exact) mass is 949 g/mol. The van der Waals surface area contributed by atoms with Crippen LogP contribution in [-0.4, -0.2) is 0 Å². The maximum atomic E-state index is 2.39. The first kappa shape index (κ1) is 45.7. The summed E-state index contributed by atoms with van der Waals surface area (Å²) in [6.07, 6.45) is 1.94. The van der Waals surface area contributed by atoms with Gasteiger partial charge in [-0.1, -0.05) is 200 Å². The van der Waals surface area contributed by atoms with Gasteiger partial charge in [0.05, 0.1) is 5.69 Å². The van der Waals surface area contributed by atoms with Crippen molar-refractivity contribution in [3.63, 3.8) is 0 Å². The average Bonchev–Trinajstić information content (AvgIpc) is 3.48. The van der Waals surface area contributed by atoms with E-state index in [4.69, 9.17) is 0 Å². The van der Waals surface area contributed by atoms with Crippen molar-refractivity contribution in [2.24, 2.45) is 0 Å². The summed E-state index contributed by atoms with van der Waals surface area (Å²) in [7, 11) is 0. The van der Waals surface area contributed by atoms with Crippen molar-refractivity contribution < 1.29 is 0 Å². The summed E-state index contributed by atoms with van der Waals surface area (Å²) in [5, 5.41) is 5.02. The highest BCUT2D eigenvalue weighted by Crippen LogP contribution is 2.43. The predicted octanol–water partition coefficient (Wildman–Crippen LogP) is 19.8. The number of hydrogen-bond donors (Lipinski definition) is 0.